The van der Waals surface area contributed by atoms with Crippen molar-refractivity contribution in [2.45, 2.75) is 25.6 Å². The lowest BCUT2D eigenvalue weighted by molar-refractivity contribution is -0.124. The number of hydrogen-bond acceptors (Lipinski definition) is 5. The highest BCUT2D eigenvalue weighted by Gasteiger charge is 2.30. The standard InChI is InChI=1S/C18H17N3O3/c19-18(22)15-8-12-4-1-2-5-13(12)10-21(15)11-14-9-17(24-20-14)16-6-3-7-23-16/h1-7,9,15H,8,10-11H2,(H2,19,22). The van der Waals surface area contributed by atoms with E-state index >= 15 is 0 Å². The molecule has 0 saturated heterocycles. The van der Waals surface area contributed by atoms with Crippen LogP contribution in [0.5, 0.6) is 0 Å². The maximum Gasteiger partial charge on any atom is 0.235 e. The van der Waals surface area contributed by atoms with Crippen LogP contribution in [0, 0.1) is 0 Å². The first-order valence-corrected chi connectivity index (χ1v) is 7.80. The molecular weight excluding hydrogens is 306 g/mol. The minimum Gasteiger partial charge on any atom is -0.461 e. The van der Waals surface area contributed by atoms with Crippen LogP contribution < -0.4 is 5.73 Å². The van der Waals surface area contributed by atoms with Crippen molar-refractivity contribution in [1.29, 1.82) is 0 Å². The molecule has 3 heterocycles. The van der Waals surface area contributed by atoms with Gasteiger partial charge in [0.25, 0.3) is 0 Å². The number of carbonyl (C=O) groups excluding carboxylic acids is 1. The van der Waals surface area contributed by atoms with Gasteiger partial charge in [-0.15, -0.1) is 0 Å². The van der Waals surface area contributed by atoms with Crippen LogP contribution in [0.3, 0.4) is 0 Å². The van der Waals surface area contributed by atoms with E-state index < -0.39 is 0 Å². The number of nitrogens with two attached hydrogens (primary N) is 1. The van der Waals surface area contributed by atoms with Crippen LogP contribution in [-0.4, -0.2) is 22.0 Å². The monoisotopic (exact) mass is 323 g/mol. The van der Waals surface area contributed by atoms with Gasteiger partial charge in [-0.3, -0.25) is 9.69 Å². The lowest BCUT2D eigenvalue weighted by Crippen LogP contribution is -2.48. The molecule has 6 heteroatoms. The van der Waals surface area contributed by atoms with Gasteiger partial charge in [-0.05, 0) is 29.7 Å². The van der Waals surface area contributed by atoms with Crippen LogP contribution in [0.2, 0.25) is 0 Å². The van der Waals surface area contributed by atoms with Gasteiger partial charge in [0, 0.05) is 19.2 Å². The van der Waals surface area contributed by atoms with Crippen molar-refractivity contribution in [2.75, 3.05) is 0 Å². The van der Waals surface area contributed by atoms with Crippen LogP contribution in [0.15, 0.2) is 57.7 Å². The summed E-state index contributed by atoms with van der Waals surface area (Å²) in [6.45, 7) is 1.15. The fourth-order valence-electron chi connectivity index (χ4n) is 3.15. The van der Waals surface area contributed by atoms with Gasteiger partial charge in [0.1, 0.15) is 0 Å². The average Bonchev–Trinajstić information content (AvgIpc) is 3.25. The molecule has 3 aromatic rings. The van der Waals surface area contributed by atoms with E-state index in [-0.39, 0.29) is 11.9 Å². The van der Waals surface area contributed by atoms with E-state index in [9.17, 15) is 4.79 Å². The van der Waals surface area contributed by atoms with Crippen LogP contribution in [0.25, 0.3) is 11.5 Å². The third-order valence-corrected chi connectivity index (χ3v) is 4.36. The lowest BCUT2D eigenvalue weighted by atomic mass is 9.93. The van der Waals surface area contributed by atoms with Crippen LogP contribution in [0.4, 0.5) is 0 Å². The Labute approximate surface area is 138 Å². The number of benzene rings is 1. The first-order valence-electron chi connectivity index (χ1n) is 7.80. The second-order valence-electron chi connectivity index (χ2n) is 5.96. The zero-order chi connectivity index (χ0) is 16.5. The Morgan fingerprint density at radius 2 is 2.04 bits per heavy atom. The normalized spacial score (nSPS) is 17.6. The summed E-state index contributed by atoms with van der Waals surface area (Å²) in [5, 5.41) is 4.09. The molecule has 1 aliphatic heterocycles. The molecule has 0 aliphatic carbocycles. The summed E-state index contributed by atoms with van der Waals surface area (Å²) in [6, 6.07) is 13.2. The van der Waals surface area contributed by atoms with Gasteiger partial charge in [0.15, 0.2) is 5.76 Å². The molecule has 1 aromatic carbocycles. The number of nitrogens with zero attached hydrogens (tertiary/aromatic N) is 2. The smallest absolute Gasteiger partial charge is 0.235 e. The zero-order valence-corrected chi connectivity index (χ0v) is 13.0. The predicted molar refractivity (Wildman–Crippen MR) is 86.6 cm³/mol. The number of primary amides is 1. The van der Waals surface area contributed by atoms with Crippen molar-refractivity contribution in [1.82, 2.24) is 10.1 Å². The fraction of sp³-hybridized carbons (Fsp3) is 0.222. The zero-order valence-electron chi connectivity index (χ0n) is 13.0. The minimum atomic E-state index is -0.344. The Morgan fingerprint density at radius 3 is 2.79 bits per heavy atom. The van der Waals surface area contributed by atoms with E-state index in [0.717, 1.165) is 5.69 Å². The van der Waals surface area contributed by atoms with Crippen molar-refractivity contribution >= 4 is 5.91 Å². The molecule has 1 aliphatic rings. The number of aromatic nitrogens is 1. The number of furan rings is 1. The van der Waals surface area contributed by atoms with Crippen LogP contribution in [-0.2, 0) is 24.3 Å². The molecule has 2 aromatic heterocycles. The molecule has 4 rings (SSSR count). The third kappa shape index (κ3) is 2.72. The van der Waals surface area contributed by atoms with Crippen molar-refractivity contribution in [3.05, 3.63) is 65.5 Å². The van der Waals surface area contributed by atoms with Gasteiger partial charge in [0.2, 0.25) is 11.7 Å². The Kier molecular flexibility index (Phi) is 3.66. The van der Waals surface area contributed by atoms with Gasteiger partial charge in [-0.25, -0.2) is 0 Å². The molecule has 0 radical (unpaired) electrons. The van der Waals surface area contributed by atoms with E-state index in [2.05, 4.69) is 11.2 Å². The molecule has 6 nitrogen and oxygen atoms in total. The predicted octanol–water partition coefficient (Wildman–Crippen LogP) is 2.35. The van der Waals surface area contributed by atoms with E-state index in [0.29, 0.717) is 31.0 Å². The van der Waals surface area contributed by atoms with Gasteiger partial charge < -0.3 is 14.7 Å². The summed E-state index contributed by atoms with van der Waals surface area (Å²) in [7, 11) is 0. The van der Waals surface area contributed by atoms with Crippen molar-refractivity contribution in [3.63, 3.8) is 0 Å². The summed E-state index contributed by atoms with van der Waals surface area (Å²) in [5.41, 5.74) is 8.74. The lowest BCUT2D eigenvalue weighted by Gasteiger charge is -2.34. The molecule has 1 atom stereocenters. The number of carbonyl (C=O) groups is 1. The Hall–Kier alpha value is -2.86. The number of fused-ring (bicyclic) bond motifs is 1. The maximum absolute atomic E-state index is 11.9. The molecule has 0 saturated carbocycles. The Bertz CT molecular complexity index is 854. The summed E-state index contributed by atoms with van der Waals surface area (Å²) in [4.78, 5) is 13.9. The first kappa shape index (κ1) is 14.7. The van der Waals surface area contributed by atoms with Gasteiger partial charge in [-0.2, -0.15) is 0 Å². The minimum absolute atomic E-state index is 0.320. The van der Waals surface area contributed by atoms with Crippen molar-refractivity contribution in [2.24, 2.45) is 5.73 Å². The topological polar surface area (TPSA) is 85.5 Å². The summed E-state index contributed by atoms with van der Waals surface area (Å²) in [5.74, 6) is 0.881. The molecule has 0 fully saturated rings. The first-order chi connectivity index (χ1) is 11.7. The number of amides is 1. The molecule has 1 unspecified atom stereocenters. The SMILES string of the molecule is NC(=O)C1Cc2ccccc2CN1Cc1cc(-c2ccco2)on1. The maximum atomic E-state index is 11.9. The Morgan fingerprint density at radius 1 is 1.21 bits per heavy atom. The number of hydrogen-bond donors (Lipinski definition) is 1. The van der Waals surface area contributed by atoms with E-state index in [1.807, 2.05) is 35.2 Å². The van der Waals surface area contributed by atoms with Gasteiger partial charge in [0.05, 0.1) is 18.0 Å². The average molecular weight is 323 g/mol. The van der Waals surface area contributed by atoms with E-state index in [1.54, 1.807) is 12.3 Å². The van der Waals surface area contributed by atoms with Crippen LogP contribution >= 0.6 is 0 Å². The van der Waals surface area contributed by atoms with Gasteiger partial charge in [-0.1, -0.05) is 29.4 Å². The molecular formula is C18H17N3O3. The Balaban J connectivity index is 1.57. The third-order valence-electron chi connectivity index (χ3n) is 4.36. The summed E-state index contributed by atoms with van der Waals surface area (Å²) in [6.07, 6.45) is 2.20. The largest absolute Gasteiger partial charge is 0.461 e. The second-order valence-corrected chi connectivity index (χ2v) is 5.96. The van der Waals surface area contributed by atoms with Crippen molar-refractivity contribution in [3.8, 4) is 11.5 Å². The quantitative estimate of drug-likeness (QED) is 0.796. The molecule has 1 amide bonds. The van der Waals surface area contributed by atoms with E-state index in [4.69, 9.17) is 14.7 Å². The number of rotatable bonds is 4. The molecule has 2 N–H and O–H groups in total. The molecule has 122 valence electrons. The molecule has 0 spiro atoms. The molecule has 0 bridgehead atoms. The van der Waals surface area contributed by atoms with Gasteiger partial charge >= 0.3 is 0 Å². The highest BCUT2D eigenvalue weighted by atomic mass is 16.5. The fourth-order valence-corrected chi connectivity index (χ4v) is 3.15. The van der Waals surface area contributed by atoms with E-state index in [1.165, 1.54) is 11.1 Å². The van der Waals surface area contributed by atoms with Crippen LogP contribution in [0.1, 0.15) is 16.8 Å². The summed E-state index contributed by atoms with van der Waals surface area (Å²) >= 11 is 0. The highest BCUT2D eigenvalue weighted by Crippen LogP contribution is 2.26. The van der Waals surface area contributed by atoms with Crippen molar-refractivity contribution < 1.29 is 13.7 Å². The molecule has 24 heavy (non-hydrogen) atoms. The highest BCUT2D eigenvalue weighted by molar-refractivity contribution is 5.80. The summed E-state index contributed by atoms with van der Waals surface area (Å²) < 4.78 is 10.6. The second kappa shape index (κ2) is 5.98.